The van der Waals surface area contributed by atoms with Gasteiger partial charge in [0.1, 0.15) is 5.75 Å². The SMILES string of the molecule is COc1ccc(CNC(=O)[C@@H](C)Sc2nnc3cc(C)c4ccccc4n23)cc1. The van der Waals surface area contributed by atoms with Crippen LogP contribution in [0.15, 0.2) is 59.8 Å². The maximum Gasteiger partial charge on any atom is 0.233 e. The Labute approximate surface area is 173 Å². The lowest BCUT2D eigenvalue weighted by molar-refractivity contribution is -0.120. The molecule has 0 saturated heterocycles. The summed E-state index contributed by atoms with van der Waals surface area (Å²) in [6.07, 6.45) is 0. The van der Waals surface area contributed by atoms with E-state index in [1.54, 1.807) is 7.11 Å². The third kappa shape index (κ3) is 3.91. The van der Waals surface area contributed by atoms with Crippen molar-refractivity contribution in [2.75, 3.05) is 7.11 Å². The van der Waals surface area contributed by atoms with Gasteiger partial charge >= 0.3 is 0 Å². The van der Waals surface area contributed by atoms with E-state index in [2.05, 4.69) is 34.6 Å². The van der Waals surface area contributed by atoms with Crippen LogP contribution in [-0.4, -0.2) is 32.9 Å². The van der Waals surface area contributed by atoms with Crippen LogP contribution in [0.1, 0.15) is 18.1 Å². The fourth-order valence-electron chi connectivity index (χ4n) is 3.24. The number of thioether (sulfide) groups is 1. The van der Waals surface area contributed by atoms with Crippen molar-refractivity contribution >= 4 is 34.2 Å². The Hall–Kier alpha value is -3.06. The van der Waals surface area contributed by atoms with Crippen LogP contribution in [-0.2, 0) is 11.3 Å². The molecule has 29 heavy (non-hydrogen) atoms. The number of benzene rings is 2. The van der Waals surface area contributed by atoms with Crippen LogP contribution >= 0.6 is 11.8 Å². The Morgan fingerprint density at radius 3 is 2.69 bits per heavy atom. The Bertz CT molecular complexity index is 1170. The molecule has 0 fully saturated rings. The molecule has 0 saturated carbocycles. The molecular formula is C22H22N4O2S. The third-order valence-electron chi connectivity index (χ3n) is 4.85. The lowest BCUT2D eigenvalue weighted by Gasteiger charge is -2.12. The van der Waals surface area contributed by atoms with Gasteiger partial charge in [-0.15, -0.1) is 10.2 Å². The van der Waals surface area contributed by atoms with Gasteiger partial charge in [-0.1, -0.05) is 42.1 Å². The predicted molar refractivity (Wildman–Crippen MR) is 115 cm³/mol. The minimum absolute atomic E-state index is 0.0426. The van der Waals surface area contributed by atoms with Gasteiger partial charge in [0.15, 0.2) is 10.8 Å². The number of ether oxygens (including phenoxy) is 1. The normalized spacial score (nSPS) is 12.2. The van der Waals surface area contributed by atoms with Crippen molar-refractivity contribution in [3.8, 4) is 5.75 Å². The van der Waals surface area contributed by atoms with Gasteiger partial charge in [-0.2, -0.15) is 0 Å². The molecule has 0 bridgehead atoms. The summed E-state index contributed by atoms with van der Waals surface area (Å²) in [6, 6.07) is 17.8. The number of hydrogen-bond donors (Lipinski definition) is 1. The Balaban J connectivity index is 1.50. The molecule has 0 aliphatic carbocycles. The first-order chi connectivity index (χ1) is 14.1. The predicted octanol–water partition coefficient (Wildman–Crippen LogP) is 4.00. The van der Waals surface area contributed by atoms with Crippen molar-refractivity contribution < 1.29 is 9.53 Å². The standard InChI is InChI=1S/C22H22N4O2S/c1-14-12-20-24-25-22(26(20)19-7-5-4-6-18(14)19)29-15(2)21(27)23-13-16-8-10-17(28-3)11-9-16/h4-12,15H,13H2,1-3H3,(H,23,27)/t15-/m1/s1. The Kier molecular flexibility index (Phi) is 5.40. The number of fused-ring (bicyclic) bond motifs is 3. The molecule has 2 heterocycles. The number of pyridine rings is 1. The topological polar surface area (TPSA) is 68.5 Å². The summed E-state index contributed by atoms with van der Waals surface area (Å²) in [4.78, 5) is 12.6. The van der Waals surface area contributed by atoms with Gasteiger partial charge in [-0.05, 0) is 49.2 Å². The number of carbonyl (C=O) groups is 1. The molecule has 7 heteroatoms. The zero-order valence-corrected chi connectivity index (χ0v) is 17.4. The van der Waals surface area contributed by atoms with Gasteiger partial charge < -0.3 is 10.1 Å². The van der Waals surface area contributed by atoms with E-state index in [1.165, 1.54) is 11.8 Å². The average Bonchev–Trinajstić information content (AvgIpc) is 3.15. The second-order valence-corrected chi connectivity index (χ2v) is 8.15. The highest BCUT2D eigenvalue weighted by molar-refractivity contribution is 8.00. The smallest absolute Gasteiger partial charge is 0.233 e. The van der Waals surface area contributed by atoms with E-state index in [0.29, 0.717) is 11.7 Å². The van der Waals surface area contributed by atoms with Crippen LogP contribution in [0.25, 0.3) is 16.6 Å². The summed E-state index contributed by atoms with van der Waals surface area (Å²) in [7, 11) is 1.63. The number of nitrogens with zero attached hydrogens (tertiary/aromatic N) is 3. The molecule has 1 amide bonds. The van der Waals surface area contributed by atoms with Crippen LogP contribution in [0.2, 0.25) is 0 Å². The fraction of sp³-hybridized carbons (Fsp3) is 0.227. The van der Waals surface area contributed by atoms with Crippen LogP contribution in [0.4, 0.5) is 0 Å². The first-order valence-electron chi connectivity index (χ1n) is 9.37. The lowest BCUT2D eigenvalue weighted by Crippen LogP contribution is -2.30. The average molecular weight is 407 g/mol. The molecule has 0 aliphatic heterocycles. The third-order valence-corrected chi connectivity index (χ3v) is 5.89. The highest BCUT2D eigenvalue weighted by Crippen LogP contribution is 2.28. The van der Waals surface area contributed by atoms with Crippen molar-refractivity contribution in [1.29, 1.82) is 0 Å². The van der Waals surface area contributed by atoms with Crippen LogP contribution < -0.4 is 10.1 Å². The van der Waals surface area contributed by atoms with Gasteiger partial charge in [-0.3, -0.25) is 9.20 Å². The summed E-state index contributed by atoms with van der Waals surface area (Å²) in [5.41, 5.74) is 4.00. The van der Waals surface area contributed by atoms with Gasteiger partial charge in [0.2, 0.25) is 5.91 Å². The molecule has 0 unspecified atom stereocenters. The Morgan fingerprint density at radius 1 is 1.17 bits per heavy atom. The molecule has 2 aromatic carbocycles. The Morgan fingerprint density at radius 2 is 1.93 bits per heavy atom. The van der Waals surface area contributed by atoms with Gasteiger partial charge in [-0.25, -0.2) is 0 Å². The number of para-hydroxylation sites is 1. The zero-order chi connectivity index (χ0) is 20.4. The van der Waals surface area contributed by atoms with E-state index in [9.17, 15) is 4.79 Å². The second kappa shape index (κ2) is 8.13. The number of hydrogen-bond acceptors (Lipinski definition) is 5. The molecule has 148 valence electrons. The molecule has 4 aromatic rings. The van der Waals surface area contributed by atoms with E-state index >= 15 is 0 Å². The number of aromatic nitrogens is 3. The fourth-order valence-corrected chi connectivity index (χ4v) is 4.13. The number of aryl methyl sites for hydroxylation is 1. The van der Waals surface area contributed by atoms with Gasteiger partial charge in [0, 0.05) is 11.9 Å². The summed E-state index contributed by atoms with van der Waals surface area (Å²) in [5.74, 6) is 0.754. The van der Waals surface area contributed by atoms with Crippen LogP contribution in [0.5, 0.6) is 5.75 Å². The molecule has 1 atom stereocenters. The van der Waals surface area contributed by atoms with Crippen molar-refractivity contribution in [3.05, 3.63) is 65.7 Å². The number of amides is 1. The molecule has 0 aliphatic rings. The first kappa shape index (κ1) is 19.3. The highest BCUT2D eigenvalue weighted by atomic mass is 32.2. The monoisotopic (exact) mass is 406 g/mol. The maximum atomic E-state index is 12.6. The molecule has 1 N–H and O–H groups in total. The number of methoxy groups -OCH3 is 1. The van der Waals surface area contributed by atoms with Crippen molar-refractivity contribution in [2.45, 2.75) is 30.8 Å². The van der Waals surface area contributed by atoms with E-state index in [1.807, 2.05) is 53.8 Å². The molecular weight excluding hydrogens is 384 g/mol. The molecule has 0 spiro atoms. The van der Waals surface area contributed by atoms with Gasteiger partial charge in [0.05, 0.1) is 17.9 Å². The van der Waals surface area contributed by atoms with E-state index in [0.717, 1.165) is 33.4 Å². The molecule has 4 rings (SSSR count). The first-order valence-corrected chi connectivity index (χ1v) is 10.3. The lowest BCUT2D eigenvalue weighted by atomic mass is 10.1. The summed E-state index contributed by atoms with van der Waals surface area (Å²) >= 11 is 1.41. The summed E-state index contributed by atoms with van der Waals surface area (Å²) < 4.78 is 7.17. The number of carbonyl (C=O) groups excluding carboxylic acids is 1. The molecule has 6 nitrogen and oxygen atoms in total. The van der Waals surface area contributed by atoms with E-state index in [4.69, 9.17) is 4.74 Å². The minimum atomic E-state index is -0.305. The highest BCUT2D eigenvalue weighted by Gasteiger charge is 2.19. The number of nitrogens with one attached hydrogen (secondary N) is 1. The molecule has 2 aromatic heterocycles. The van der Waals surface area contributed by atoms with E-state index < -0.39 is 0 Å². The largest absolute Gasteiger partial charge is 0.497 e. The maximum absolute atomic E-state index is 12.6. The van der Waals surface area contributed by atoms with Crippen molar-refractivity contribution in [2.24, 2.45) is 0 Å². The van der Waals surface area contributed by atoms with Crippen LogP contribution in [0.3, 0.4) is 0 Å². The zero-order valence-electron chi connectivity index (χ0n) is 16.5. The summed E-state index contributed by atoms with van der Waals surface area (Å²) in [6.45, 7) is 4.42. The van der Waals surface area contributed by atoms with Crippen molar-refractivity contribution in [3.63, 3.8) is 0 Å². The quantitative estimate of drug-likeness (QED) is 0.490. The molecule has 0 radical (unpaired) electrons. The number of rotatable bonds is 6. The van der Waals surface area contributed by atoms with Crippen molar-refractivity contribution in [1.82, 2.24) is 19.9 Å². The van der Waals surface area contributed by atoms with Gasteiger partial charge in [0.25, 0.3) is 0 Å². The van der Waals surface area contributed by atoms with E-state index in [-0.39, 0.29) is 11.2 Å². The minimum Gasteiger partial charge on any atom is -0.497 e. The summed E-state index contributed by atoms with van der Waals surface area (Å²) in [5, 5.41) is 13.2. The van der Waals surface area contributed by atoms with Crippen LogP contribution in [0, 0.1) is 6.92 Å². The second-order valence-electron chi connectivity index (χ2n) is 6.85.